The summed E-state index contributed by atoms with van der Waals surface area (Å²) in [6.07, 6.45) is 4.00. The van der Waals surface area contributed by atoms with Crippen molar-refractivity contribution in [1.29, 1.82) is 5.26 Å². The molecule has 0 bridgehead atoms. The van der Waals surface area contributed by atoms with Crippen LogP contribution in [-0.4, -0.2) is 17.7 Å². The average Bonchev–Trinajstić information content (AvgIpc) is 2.83. The molecule has 0 heterocycles. The van der Waals surface area contributed by atoms with Gasteiger partial charge in [-0.2, -0.15) is 5.26 Å². The van der Waals surface area contributed by atoms with E-state index in [1.807, 2.05) is 19.1 Å². The summed E-state index contributed by atoms with van der Waals surface area (Å²) in [4.78, 5) is 11.1. The van der Waals surface area contributed by atoms with Crippen LogP contribution < -0.4 is 9.47 Å². The molecule has 3 aromatic rings. The van der Waals surface area contributed by atoms with E-state index in [9.17, 15) is 10.1 Å². The van der Waals surface area contributed by atoms with Crippen LogP contribution in [0.2, 0.25) is 10.0 Å². The van der Waals surface area contributed by atoms with Crippen molar-refractivity contribution >= 4 is 40.8 Å². The average molecular weight is 508 g/mol. The first-order valence-electron chi connectivity index (χ1n) is 10.8. The Hall–Kier alpha value is -3.72. The molecule has 1 N–H and O–H groups in total. The van der Waals surface area contributed by atoms with E-state index in [2.05, 4.69) is 12.6 Å². The van der Waals surface area contributed by atoms with Crippen LogP contribution in [0.4, 0.5) is 0 Å². The smallest absolute Gasteiger partial charge is 0.335 e. The second kappa shape index (κ2) is 12.1. The van der Waals surface area contributed by atoms with Gasteiger partial charge in [0.05, 0.1) is 23.8 Å². The van der Waals surface area contributed by atoms with Gasteiger partial charge < -0.3 is 14.6 Å². The Morgan fingerprint density at radius 3 is 2.37 bits per heavy atom. The number of carboxylic acid groups (broad SMARTS) is 1. The van der Waals surface area contributed by atoms with Crippen molar-refractivity contribution in [3.8, 4) is 17.6 Å². The Balaban J connectivity index is 2.00. The van der Waals surface area contributed by atoms with Gasteiger partial charge in [0.2, 0.25) is 0 Å². The van der Waals surface area contributed by atoms with E-state index < -0.39 is 5.97 Å². The van der Waals surface area contributed by atoms with E-state index in [4.69, 9.17) is 37.8 Å². The van der Waals surface area contributed by atoms with Gasteiger partial charge in [-0.1, -0.05) is 47.5 Å². The zero-order valence-electron chi connectivity index (χ0n) is 19.1. The molecule has 7 heteroatoms. The molecule has 0 fully saturated rings. The van der Waals surface area contributed by atoms with Crippen molar-refractivity contribution in [3.63, 3.8) is 0 Å². The quantitative estimate of drug-likeness (QED) is 0.175. The molecule has 0 aliphatic carbocycles. The van der Waals surface area contributed by atoms with Crippen molar-refractivity contribution in [2.24, 2.45) is 0 Å². The molecule has 0 saturated carbocycles. The molecule has 0 aliphatic heterocycles. The molecular formula is C28H23Cl2NO4. The van der Waals surface area contributed by atoms with Gasteiger partial charge in [-0.25, -0.2) is 4.79 Å². The Kier molecular flexibility index (Phi) is 8.97. The molecule has 0 aromatic heterocycles. The maximum absolute atomic E-state index is 11.1. The predicted octanol–water partition coefficient (Wildman–Crippen LogP) is 7.46. The third kappa shape index (κ3) is 6.66. The summed E-state index contributed by atoms with van der Waals surface area (Å²) in [5, 5.41) is 19.9. The number of nitriles is 1. The molecule has 0 unspecified atom stereocenters. The molecule has 3 aromatic carbocycles. The fraction of sp³-hybridized carbons (Fsp3) is 0.143. The second-order valence-electron chi connectivity index (χ2n) is 7.51. The van der Waals surface area contributed by atoms with E-state index in [1.165, 1.54) is 12.1 Å². The third-order valence-electron chi connectivity index (χ3n) is 5.08. The Morgan fingerprint density at radius 2 is 1.77 bits per heavy atom. The van der Waals surface area contributed by atoms with E-state index in [-0.39, 0.29) is 12.2 Å². The van der Waals surface area contributed by atoms with E-state index in [1.54, 1.807) is 42.5 Å². The van der Waals surface area contributed by atoms with Crippen LogP contribution in [0.15, 0.2) is 67.3 Å². The molecule has 3 rings (SSSR count). The van der Waals surface area contributed by atoms with E-state index >= 15 is 0 Å². The number of carbonyl (C=O) groups is 1. The standard InChI is InChI=1S/C28H23Cl2NO4/c1-3-5-21-12-18(13-23(16-31)19-6-8-20(9-7-19)28(32)33)14-26(34-4-2)27(21)35-17-22-10-11-24(29)15-25(22)30/h3,6-15H,1,4-5,17H2,2H3,(H,32,33)/b23-13-. The fourth-order valence-corrected chi connectivity index (χ4v) is 3.89. The number of aromatic carboxylic acids is 1. The lowest BCUT2D eigenvalue weighted by molar-refractivity contribution is 0.0697. The van der Waals surface area contributed by atoms with Gasteiger partial charge in [0, 0.05) is 21.2 Å². The summed E-state index contributed by atoms with van der Waals surface area (Å²) < 4.78 is 12.0. The first kappa shape index (κ1) is 25.9. The highest BCUT2D eigenvalue weighted by Gasteiger charge is 2.15. The Labute approximate surface area is 214 Å². The number of allylic oxidation sites excluding steroid dienone is 2. The van der Waals surface area contributed by atoms with Crippen molar-refractivity contribution in [2.75, 3.05) is 6.61 Å². The van der Waals surface area contributed by atoms with Gasteiger partial charge >= 0.3 is 5.97 Å². The third-order valence-corrected chi connectivity index (χ3v) is 5.67. The molecule has 178 valence electrons. The summed E-state index contributed by atoms with van der Waals surface area (Å²) in [7, 11) is 0. The lowest BCUT2D eigenvalue weighted by atomic mass is 10.00. The number of carboxylic acids is 1. The predicted molar refractivity (Wildman–Crippen MR) is 139 cm³/mol. The summed E-state index contributed by atoms with van der Waals surface area (Å²) in [6.45, 7) is 6.35. The number of ether oxygens (including phenoxy) is 2. The lowest BCUT2D eigenvalue weighted by Crippen LogP contribution is -2.04. The first-order valence-corrected chi connectivity index (χ1v) is 11.5. The number of hydrogen-bond acceptors (Lipinski definition) is 4. The minimum Gasteiger partial charge on any atom is -0.490 e. The zero-order chi connectivity index (χ0) is 25.4. The zero-order valence-corrected chi connectivity index (χ0v) is 20.6. The molecule has 0 amide bonds. The summed E-state index contributed by atoms with van der Waals surface area (Å²) in [6, 6.07) is 17.3. The molecule has 35 heavy (non-hydrogen) atoms. The minimum absolute atomic E-state index is 0.153. The van der Waals surface area contributed by atoms with Crippen LogP contribution in [0.3, 0.4) is 0 Å². The maximum Gasteiger partial charge on any atom is 0.335 e. The van der Waals surface area contributed by atoms with Crippen LogP contribution in [0, 0.1) is 11.3 Å². The molecule has 0 atom stereocenters. The normalized spacial score (nSPS) is 11.0. The fourth-order valence-electron chi connectivity index (χ4n) is 3.43. The number of nitrogens with zero attached hydrogens (tertiary/aromatic N) is 1. The van der Waals surface area contributed by atoms with E-state index in [0.29, 0.717) is 45.7 Å². The molecule has 0 radical (unpaired) electrons. The van der Waals surface area contributed by atoms with Crippen LogP contribution in [0.1, 0.15) is 39.5 Å². The van der Waals surface area contributed by atoms with Crippen molar-refractivity contribution in [1.82, 2.24) is 0 Å². The molecular weight excluding hydrogens is 485 g/mol. The molecule has 5 nitrogen and oxygen atoms in total. The second-order valence-corrected chi connectivity index (χ2v) is 8.35. The highest BCUT2D eigenvalue weighted by atomic mass is 35.5. The SMILES string of the molecule is C=CCc1cc(/C=C(/C#N)c2ccc(C(=O)O)cc2)cc(OCC)c1OCc1ccc(Cl)cc1Cl. The topological polar surface area (TPSA) is 79.6 Å². The van der Waals surface area contributed by atoms with Gasteiger partial charge in [-0.3, -0.25) is 0 Å². The van der Waals surface area contributed by atoms with Crippen LogP contribution in [0.5, 0.6) is 11.5 Å². The number of benzene rings is 3. The first-order chi connectivity index (χ1) is 16.9. The van der Waals surface area contributed by atoms with E-state index in [0.717, 1.165) is 16.7 Å². The van der Waals surface area contributed by atoms with Crippen LogP contribution in [0.25, 0.3) is 11.6 Å². The van der Waals surface area contributed by atoms with Gasteiger partial charge in [-0.05, 0) is 66.9 Å². The van der Waals surface area contributed by atoms with Gasteiger partial charge in [0.15, 0.2) is 11.5 Å². The minimum atomic E-state index is -1.02. The van der Waals surface area contributed by atoms with Gasteiger partial charge in [0.25, 0.3) is 0 Å². The van der Waals surface area contributed by atoms with Crippen molar-refractivity contribution in [2.45, 2.75) is 20.0 Å². The molecule has 0 saturated heterocycles. The highest BCUT2D eigenvalue weighted by Crippen LogP contribution is 2.36. The van der Waals surface area contributed by atoms with Crippen molar-refractivity contribution < 1.29 is 19.4 Å². The number of rotatable bonds is 10. The maximum atomic E-state index is 11.1. The van der Waals surface area contributed by atoms with Crippen LogP contribution in [-0.2, 0) is 13.0 Å². The van der Waals surface area contributed by atoms with Gasteiger partial charge in [-0.15, -0.1) is 6.58 Å². The summed E-state index contributed by atoms with van der Waals surface area (Å²) >= 11 is 12.3. The lowest BCUT2D eigenvalue weighted by Gasteiger charge is -2.17. The highest BCUT2D eigenvalue weighted by molar-refractivity contribution is 6.35. The van der Waals surface area contributed by atoms with Crippen molar-refractivity contribution in [3.05, 3.63) is 105 Å². The largest absolute Gasteiger partial charge is 0.490 e. The van der Waals surface area contributed by atoms with Crippen LogP contribution >= 0.6 is 23.2 Å². The Bertz CT molecular complexity index is 1310. The van der Waals surface area contributed by atoms with Gasteiger partial charge in [0.1, 0.15) is 6.61 Å². The monoisotopic (exact) mass is 507 g/mol. The Morgan fingerprint density at radius 1 is 1.06 bits per heavy atom. The summed E-state index contributed by atoms with van der Waals surface area (Å²) in [5.74, 6) is 0.0749. The number of halogens is 2. The number of hydrogen-bond donors (Lipinski definition) is 1. The summed E-state index contributed by atoms with van der Waals surface area (Å²) in [5.41, 5.74) is 3.50. The molecule has 0 spiro atoms. The molecule has 0 aliphatic rings.